The van der Waals surface area contributed by atoms with E-state index < -0.39 is 35.8 Å². The topological polar surface area (TPSA) is 224 Å². The van der Waals surface area contributed by atoms with Crippen LogP contribution >= 0.6 is 0 Å². The summed E-state index contributed by atoms with van der Waals surface area (Å²) in [5, 5.41) is 53.4. The molecule has 0 bridgehead atoms. The average Bonchev–Trinajstić information content (AvgIpc) is 3.25. The summed E-state index contributed by atoms with van der Waals surface area (Å²) in [6.07, 6.45) is 0. The Balaban J connectivity index is 0.000000198. The minimum Gasteiger partial charge on any atom is -0.478 e. The highest BCUT2D eigenvalue weighted by atomic mass is 16.4. The zero-order valence-electron chi connectivity index (χ0n) is 31.0. The molecule has 0 aliphatic rings. The normalized spacial score (nSPS) is 9.40. The number of carboxylic acid groups (broad SMARTS) is 6. The quantitative estimate of drug-likeness (QED) is 0.0904. The molecule has 0 atom stereocenters. The van der Waals surface area contributed by atoms with Gasteiger partial charge in [-0.3, -0.25) is 0 Å². The number of carboxylic acids is 6. The number of hydrogen-bond acceptors (Lipinski definition) is 6. The van der Waals surface area contributed by atoms with E-state index in [1.54, 1.807) is 91.0 Å². The minimum atomic E-state index is -1.07. The van der Waals surface area contributed by atoms with E-state index in [9.17, 15) is 28.8 Å². The van der Waals surface area contributed by atoms with Crippen molar-refractivity contribution in [3.05, 3.63) is 212 Å². The van der Waals surface area contributed by atoms with Crippen molar-refractivity contribution >= 4 is 35.8 Å². The Hall–Kier alpha value is -9.18. The lowest BCUT2D eigenvalue weighted by atomic mass is 10.1. The number of aromatic carboxylic acids is 6. The molecular weight excluding hydrogens is 769 g/mol. The Bertz CT molecular complexity index is 2640. The molecule has 0 aliphatic carbocycles. The van der Waals surface area contributed by atoms with Gasteiger partial charge in [-0.2, -0.15) is 0 Å². The zero-order valence-corrected chi connectivity index (χ0v) is 31.0. The summed E-state index contributed by atoms with van der Waals surface area (Å²) in [5.41, 5.74) is 4.04. The maximum atomic E-state index is 11.0. The van der Waals surface area contributed by atoms with Crippen molar-refractivity contribution in [3.63, 3.8) is 0 Å². The maximum Gasteiger partial charge on any atom is 0.336 e. The Morgan fingerprint density at radius 3 is 0.717 bits per heavy atom. The predicted molar refractivity (Wildman–Crippen MR) is 218 cm³/mol. The third-order valence-electron chi connectivity index (χ3n) is 7.89. The summed E-state index contributed by atoms with van der Waals surface area (Å²) >= 11 is 0. The third-order valence-corrected chi connectivity index (χ3v) is 7.89. The number of carbonyl (C=O) groups is 6. The summed E-state index contributed by atoms with van der Waals surface area (Å²) in [5.74, 6) is 10.7. The van der Waals surface area contributed by atoms with Gasteiger partial charge in [0.15, 0.2) is 0 Å². The van der Waals surface area contributed by atoms with Crippen molar-refractivity contribution < 1.29 is 59.4 Å². The fourth-order valence-electron chi connectivity index (χ4n) is 4.84. The van der Waals surface area contributed by atoms with Crippen molar-refractivity contribution in [2.45, 2.75) is 0 Å². The molecule has 0 spiro atoms. The van der Waals surface area contributed by atoms with Crippen molar-refractivity contribution in [3.8, 4) is 35.5 Å². The molecule has 0 heterocycles. The first-order valence-electron chi connectivity index (χ1n) is 17.3. The first kappa shape index (κ1) is 43.5. The van der Waals surface area contributed by atoms with Gasteiger partial charge < -0.3 is 30.6 Å². The van der Waals surface area contributed by atoms with Crippen LogP contribution in [0.25, 0.3) is 0 Å². The van der Waals surface area contributed by atoms with Gasteiger partial charge in [0.1, 0.15) is 0 Å². The predicted octanol–water partition coefficient (Wildman–Crippen LogP) is 7.45. The summed E-state index contributed by atoms with van der Waals surface area (Å²) in [6, 6.07) is 37.6. The van der Waals surface area contributed by atoms with E-state index in [-0.39, 0.29) is 33.4 Å². The van der Waals surface area contributed by atoms with Gasteiger partial charge in [0.25, 0.3) is 0 Å². The standard InChI is InChI=1S/3C16H10O4/c17-15(18)13-7-3-1-5-11(13)9-10-12-6-2-4-8-14(12)16(19)20;17-15(18)13-7-3-11(4-8-13)1-2-12-5-9-14(10-6-12)16(19)20;17-15(18)13-9-6-11(7-10-13)5-8-12-3-1-2-4-14(12)16(19)20/h1-8H,(H,17,18)(H,19,20);3-10H,(H,17,18)(H,19,20);1-4,6-7,9-10H,(H,17,18)(H,19,20). The van der Waals surface area contributed by atoms with Gasteiger partial charge in [0, 0.05) is 33.4 Å². The summed E-state index contributed by atoms with van der Waals surface area (Å²) in [4.78, 5) is 65.2. The fraction of sp³-hybridized carbons (Fsp3) is 0. The van der Waals surface area contributed by atoms with E-state index in [0.29, 0.717) is 33.4 Å². The van der Waals surface area contributed by atoms with Gasteiger partial charge in [-0.05, 0) is 109 Å². The van der Waals surface area contributed by atoms with E-state index in [2.05, 4.69) is 35.5 Å². The molecule has 0 saturated heterocycles. The van der Waals surface area contributed by atoms with Gasteiger partial charge in [0.05, 0.1) is 33.4 Å². The van der Waals surface area contributed by atoms with Crippen LogP contribution < -0.4 is 0 Å². The van der Waals surface area contributed by atoms with Crippen LogP contribution in [0.5, 0.6) is 0 Å². The third kappa shape index (κ3) is 13.0. The maximum absolute atomic E-state index is 11.0. The Morgan fingerprint density at radius 1 is 0.267 bits per heavy atom. The van der Waals surface area contributed by atoms with Gasteiger partial charge in [-0.15, -0.1) is 0 Å². The second-order valence-electron chi connectivity index (χ2n) is 11.9. The summed E-state index contributed by atoms with van der Waals surface area (Å²) in [7, 11) is 0. The molecule has 0 amide bonds. The monoisotopic (exact) mass is 798 g/mol. The van der Waals surface area contributed by atoms with Crippen molar-refractivity contribution in [1.82, 2.24) is 0 Å². The first-order chi connectivity index (χ1) is 28.7. The molecular formula is C48H30O12. The number of rotatable bonds is 6. The van der Waals surface area contributed by atoms with Crippen LogP contribution in [0.2, 0.25) is 0 Å². The SMILES string of the molecule is O=C(O)c1ccc(C#Cc2ccc(C(=O)O)cc2)cc1.O=C(O)c1ccc(C#Cc2ccccc2C(=O)O)cc1.O=C(O)c1ccccc1C#Cc1ccccc1C(=O)O. The lowest BCUT2D eigenvalue weighted by Crippen LogP contribution is -2.00. The molecule has 0 unspecified atom stereocenters. The van der Waals surface area contributed by atoms with Crippen LogP contribution in [-0.2, 0) is 0 Å². The van der Waals surface area contributed by atoms with E-state index in [1.807, 2.05) is 0 Å². The van der Waals surface area contributed by atoms with Gasteiger partial charge in [-0.1, -0.05) is 71.9 Å². The molecule has 0 aromatic heterocycles. The Morgan fingerprint density at radius 2 is 0.483 bits per heavy atom. The largest absolute Gasteiger partial charge is 0.478 e. The van der Waals surface area contributed by atoms with Gasteiger partial charge in [0.2, 0.25) is 0 Å². The second kappa shape index (κ2) is 21.2. The minimum absolute atomic E-state index is 0.0906. The van der Waals surface area contributed by atoms with E-state index >= 15 is 0 Å². The van der Waals surface area contributed by atoms with Crippen LogP contribution in [0.4, 0.5) is 0 Å². The fourth-order valence-corrected chi connectivity index (χ4v) is 4.84. The van der Waals surface area contributed by atoms with Crippen molar-refractivity contribution in [1.29, 1.82) is 0 Å². The molecule has 294 valence electrons. The van der Waals surface area contributed by atoms with Crippen molar-refractivity contribution in [2.75, 3.05) is 0 Å². The van der Waals surface area contributed by atoms with Crippen LogP contribution in [0.3, 0.4) is 0 Å². The first-order valence-corrected chi connectivity index (χ1v) is 17.3. The average molecular weight is 799 g/mol. The molecule has 6 aromatic carbocycles. The lowest BCUT2D eigenvalue weighted by molar-refractivity contribution is 0.0685. The lowest BCUT2D eigenvalue weighted by Gasteiger charge is -1.99. The molecule has 12 heteroatoms. The van der Waals surface area contributed by atoms with E-state index in [0.717, 1.165) is 0 Å². The smallest absolute Gasteiger partial charge is 0.336 e. The molecule has 0 fully saturated rings. The van der Waals surface area contributed by atoms with Gasteiger partial charge >= 0.3 is 35.8 Å². The highest BCUT2D eigenvalue weighted by molar-refractivity contribution is 5.93. The second-order valence-corrected chi connectivity index (χ2v) is 11.9. The molecule has 6 aromatic rings. The van der Waals surface area contributed by atoms with Crippen molar-refractivity contribution in [2.24, 2.45) is 0 Å². The molecule has 12 nitrogen and oxygen atoms in total. The Kier molecular flexibility index (Phi) is 15.4. The van der Waals surface area contributed by atoms with Crippen LogP contribution in [-0.4, -0.2) is 66.5 Å². The van der Waals surface area contributed by atoms with E-state index in [1.165, 1.54) is 54.6 Å². The zero-order chi connectivity index (χ0) is 43.6. The van der Waals surface area contributed by atoms with E-state index in [4.69, 9.17) is 30.6 Å². The number of hydrogen-bond donors (Lipinski definition) is 6. The molecule has 0 radical (unpaired) electrons. The molecule has 0 saturated carbocycles. The van der Waals surface area contributed by atoms with Crippen LogP contribution in [0.15, 0.2) is 146 Å². The van der Waals surface area contributed by atoms with Gasteiger partial charge in [-0.25, -0.2) is 28.8 Å². The highest BCUT2D eigenvalue weighted by Gasteiger charge is 2.10. The Labute approximate surface area is 342 Å². The molecule has 0 aliphatic heterocycles. The molecule has 6 N–H and O–H groups in total. The highest BCUT2D eigenvalue weighted by Crippen LogP contribution is 2.12. The molecule has 6 rings (SSSR count). The van der Waals surface area contributed by atoms with Crippen LogP contribution in [0.1, 0.15) is 95.5 Å². The summed E-state index contributed by atoms with van der Waals surface area (Å²) in [6.45, 7) is 0. The number of benzene rings is 6. The van der Waals surface area contributed by atoms with Crippen LogP contribution in [0, 0.1) is 35.5 Å². The molecule has 60 heavy (non-hydrogen) atoms. The summed E-state index contributed by atoms with van der Waals surface area (Å²) < 4.78 is 0.